The molecule has 270 valence electrons. The summed E-state index contributed by atoms with van der Waals surface area (Å²) >= 11 is 0. The highest BCUT2D eigenvalue weighted by Crippen LogP contribution is 2.42. The van der Waals surface area contributed by atoms with Crippen LogP contribution < -0.4 is 28.4 Å². The number of aryl methyl sites for hydroxylation is 1. The van der Waals surface area contributed by atoms with Gasteiger partial charge in [0, 0.05) is 12.1 Å². The second-order valence-corrected chi connectivity index (χ2v) is 11.8. The van der Waals surface area contributed by atoms with E-state index >= 15 is 0 Å². The van der Waals surface area contributed by atoms with E-state index in [0.717, 1.165) is 18.4 Å². The second kappa shape index (κ2) is 18.0. The van der Waals surface area contributed by atoms with Crippen LogP contribution >= 0.6 is 0 Å². The molecule has 0 aromatic heterocycles. The fraction of sp³-hybridized carbons (Fsp3) is 0.447. The molecule has 3 aromatic rings. The highest BCUT2D eigenvalue weighted by Gasteiger charge is 2.38. The van der Waals surface area contributed by atoms with Crippen molar-refractivity contribution in [1.29, 1.82) is 0 Å². The molecule has 1 aliphatic heterocycles. The quantitative estimate of drug-likeness (QED) is 0.167. The van der Waals surface area contributed by atoms with Gasteiger partial charge in [-0.2, -0.15) is 0 Å². The Kier molecular flexibility index (Phi) is 13.6. The third kappa shape index (κ3) is 8.90. The van der Waals surface area contributed by atoms with E-state index in [-0.39, 0.29) is 5.91 Å². The standard InChI is InChI=1S/C38H47NO11/c1-7-26(25-21-33(46-4)36(48-6)34(22-25)47-5)37(42)39-19-11-10-13-28(39)38(43)50-30(27-12-8-9-14-29(27)49-23-35(40)41)17-15-24-16-18-31(44-2)32(20-24)45-3/h8-9,12,14,16,18,20-22,26,28,30H,7,10-11,13,15,17,19,23H2,1-6H3,(H,40,41)/t26-,28-,30+/m1/s1. The number of rotatable bonds is 17. The van der Waals surface area contributed by atoms with Gasteiger partial charge < -0.3 is 43.2 Å². The molecule has 1 N–H and O–H groups in total. The molecule has 50 heavy (non-hydrogen) atoms. The van der Waals surface area contributed by atoms with E-state index in [0.29, 0.717) is 77.9 Å². The van der Waals surface area contributed by atoms with Gasteiger partial charge in [0.2, 0.25) is 11.7 Å². The van der Waals surface area contributed by atoms with Crippen LogP contribution in [0.4, 0.5) is 0 Å². The van der Waals surface area contributed by atoms with E-state index in [2.05, 4.69) is 0 Å². The summed E-state index contributed by atoms with van der Waals surface area (Å²) in [5, 5.41) is 9.29. The highest BCUT2D eigenvalue weighted by molar-refractivity contribution is 5.89. The van der Waals surface area contributed by atoms with Gasteiger partial charge in [0.25, 0.3) is 0 Å². The number of carboxylic acid groups (broad SMARTS) is 1. The van der Waals surface area contributed by atoms with E-state index in [1.165, 1.54) is 21.3 Å². The lowest BCUT2D eigenvalue weighted by molar-refractivity contribution is -0.162. The van der Waals surface area contributed by atoms with Crippen molar-refractivity contribution < 1.29 is 52.6 Å². The summed E-state index contributed by atoms with van der Waals surface area (Å²) in [7, 11) is 7.68. The molecule has 12 heteroatoms. The van der Waals surface area contributed by atoms with Gasteiger partial charge in [0.05, 0.1) is 41.5 Å². The number of amides is 1. The average Bonchev–Trinajstić information content (AvgIpc) is 3.15. The van der Waals surface area contributed by atoms with Crippen molar-refractivity contribution >= 4 is 17.8 Å². The van der Waals surface area contributed by atoms with Crippen LogP contribution in [-0.4, -0.2) is 82.6 Å². The molecule has 0 saturated carbocycles. The van der Waals surface area contributed by atoms with E-state index in [4.69, 9.17) is 33.2 Å². The maximum atomic E-state index is 14.3. The van der Waals surface area contributed by atoms with Crippen molar-refractivity contribution in [3.8, 4) is 34.5 Å². The van der Waals surface area contributed by atoms with E-state index in [9.17, 15) is 19.5 Å². The Morgan fingerprint density at radius 1 is 0.820 bits per heavy atom. The van der Waals surface area contributed by atoms with Crippen LogP contribution in [0.1, 0.15) is 67.7 Å². The summed E-state index contributed by atoms with van der Waals surface area (Å²) in [5.74, 6) is 0.294. The number of nitrogens with zero attached hydrogens (tertiary/aromatic N) is 1. The smallest absolute Gasteiger partial charge is 0.341 e. The van der Waals surface area contributed by atoms with Crippen molar-refractivity contribution in [3.05, 3.63) is 71.3 Å². The molecule has 4 rings (SSSR count). The maximum absolute atomic E-state index is 14.3. The number of aliphatic carboxylic acids is 1. The number of esters is 1. The summed E-state index contributed by atoms with van der Waals surface area (Å²) in [6.07, 6.45) is 2.43. The Bertz CT molecular complexity index is 1600. The summed E-state index contributed by atoms with van der Waals surface area (Å²) in [4.78, 5) is 41.4. The van der Waals surface area contributed by atoms with Gasteiger partial charge >= 0.3 is 11.9 Å². The third-order valence-corrected chi connectivity index (χ3v) is 8.87. The lowest BCUT2D eigenvalue weighted by atomic mass is 9.91. The summed E-state index contributed by atoms with van der Waals surface area (Å²) in [6, 6.07) is 15.2. The maximum Gasteiger partial charge on any atom is 0.341 e. The topological polar surface area (TPSA) is 139 Å². The second-order valence-electron chi connectivity index (χ2n) is 11.8. The number of methoxy groups -OCH3 is 5. The fourth-order valence-corrected chi connectivity index (χ4v) is 6.34. The van der Waals surface area contributed by atoms with Gasteiger partial charge in [-0.15, -0.1) is 0 Å². The lowest BCUT2D eigenvalue weighted by Crippen LogP contribution is -2.50. The predicted molar refractivity (Wildman–Crippen MR) is 185 cm³/mol. The Labute approximate surface area is 293 Å². The van der Waals surface area contributed by atoms with Crippen LogP contribution in [0.15, 0.2) is 54.6 Å². The molecule has 1 heterocycles. The average molecular weight is 694 g/mol. The van der Waals surface area contributed by atoms with Crippen molar-refractivity contribution in [2.24, 2.45) is 0 Å². The van der Waals surface area contributed by atoms with Crippen molar-refractivity contribution in [3.63, 3.8) is 0 Å². The first-order valence-electron chi connectivity index (χ1n) is 16.6. The molecule has 3 aromatic carbocycles. The summed E-state index contributed by atoms with van der Waals surface area (Å²) < 4.78 is 39.3. The Hall–Kier alpha value is -5.13. The number of carboxylic acids is 1. The normalized spacial score (nSPS) is 15.3. The van der Waals surface area contributed by atoms with Crippen molar-refractivity contribution in [1.82, 2.24) is 4.90 Å². The number of hydrogen-bond donors (Lipinski definition) is 1. The molecule has 3 atom stereocenters. The minimum atomic E-state index is -1.13. The Balaban J connectivity index is 1.64. The van der Waals surface area contributed by atoms with Crippen LogP contribution in [0.3, 0.4) is 0 Å². The zero-order valence-electron chi connectivity index (χ0n) is 29.6. The molecule has 12 nitrogen and oxygen atoms in total. The molecule has 0 spiro atoms. The minimum absolute atomic E-state index is 0.199. The van der Waals surface area contributed by atoms with Crippen LogP contribution in [0, 0.1) is 0 Å². The first-order chi connectivity index (χ1) is 24.2. The van der Waals surface area contributed by atoms with Crippen LogP contribution in [0.25, 0.3) is 0 Å². The van der Waals surface area contributed by atoms with Crippen molar-refractivity contribution in [2.45, 2.75) is 63.5 Å². The Morgan fingerprint density at radius 2 is 1.50 bits per heavy atom. The molecular weight excluding hydrogens is 646 g/mol. The van der Waals surface area contributed by atoms with E-state index in [1.807, 2.05) is 25.1 Å². The van der Waals surface area contributed by atoms with E-state index < -0.39 is 36.6 Å². The Morgan fingerprint density at radius 3 is 2.12 bits per heavy atom. The zero-order chi connectivity index (χ0) is 36.2. The monoisotopic (exact) mass is 693 g/mol. The zero-order valence-corrected chi connectivity index (χ0v) is 29.6. The SMILES string of the molecule is CC[C@@H](C(=O)N1CCCC[C@@H]1C(=O)O[C@@H](CCc1ccc(OC)c(OC)c1)c1ccccc1OCC(=O)O)c1cc(OC)c(OC)c(OC)c1. The predicted octanol–water partition coefficient (Wildman–Crippen LogP) is 5.99. The van der Waals surface area contributed by atoms with Gasteiger partial charge in [0.1, 0.15) is 17.9 Å². The van der Waals surface area contributed by atoms with Gasteiger partial charge in [0.15, 0.2) is 29.6 Å². The third-order valence-electron chi connectivity index (χ3n) is 8.87. The van der Waals surface area contributed by atoms with Gasteiger partial charge in [-0.05, 0) is 80.0 Å². The largest absolute Gasteiger partial charge is 0.493 e. The number of hydrogen-bond acceptors (Lipinski definition) is 10. The molecule has 0 radical (unpaired) electrons. The van der Waals surface area contributed by atoms with E-state index in [1.54, 1.807) is 55.5 Å². The molecule has 0 unspecified atom stereocenters. The molecule has 0 aliphatic carbocycles. The van der Waals surface area contributed by atoms with Crippen LogP contribution in [-0.2, 0) is 25.5 Å². The molecule has 1 aliphatic rings. The highest BCUT2D eigenvalue weighted by atomic mass is 16.6. The molecule has 0 bridgehead atoms. The van der Waals surface area contributed by atoms with Gasteiger partial charge in [-0.1, -0.05) is 31.2 Å². The fourth-order valence-electron chi connectivity index (χ4n) is 6.34. The van der Waals surface area contributed by atoms with Crippen LogP contribution in [0.5, 0.6) is 34.5 Å². The minimum Gasteiger partial charge on any atom is -0.493 e. The van der Waals surface area contributed by atoms with Crippen LogP contribution in [0.2, 0.25) is 0 Å². The first-order valence-corrected chi connectivity index (χ1v) is 16.6. The number of carbonyl (C=O) groups is 3. The summed E-state index contributed by atoms with van der Waals surface area (Å²) in [5.41, 5.74) is 2.13. The number of benzene rings is 3. The number of piperidine rings is 1. The molecular formula is C38H47NO11. The molecule has 1 amide bonds. The number of para-hydroxylation sites is 1. The number of likely N-dealkylation sites (tertiary alicyclic amines) is 1. The lowest BCUT2D eigenvalue weighted by Gasteiger charge is -2.37. The number of carbonyl (C=O) groups excluding carboxylic acids is 2. The van der Waals surface area contributed by atoms with Gasteiger partial charge in [-0.3, -0.25) is 4.79 Å². The summed E-state index contributed by atoms with van der Waals surface area (Å²) in [6.45, 7) is 1.76. The van der Waals surface area contributed by atoms with Gasteiger partial charge in [-0.25, -0.2) is 9.59 Å². The molecule has 1 saturated heterocycles. The molecule has 1 fully saturated rings. The van der Waals surface area contributed by atoms with Crippen molar-refractivity contribution in [2.75, 3.05) is 48.7 Å². The first kappa shape index (κ1) is 37.7. The number of ether oxygens (including phenoxy) is 7.